The first-order valence-corrected chi connectivity index (χ1v) is 7.26. The fourth-order valence-electron chi connectivity index (χ4n) is 3.29. The molecule has 3 nitrogen and oxygen atoms in total. The van der Waals surface area contributed by atoms with Gasteiger partial charge in [0.15, 0.2) is 5.89 Å². The summed E-state index contributed by atoms with van der Waals surface area (Å²) in [5.41, 5.74) is 0.277. The Kier molecular flexibility index (Phi) is 4.44. The van der Waals surface area contributed by atoms with Crippen LogP contribution >= 0.6 is 0 Å². The van der Waals surface area contributed by atoms with Crippen LogP contribution in [-0.2, 0) is 11.8 Å². The molecular weight excluding hydrogens is 224 g/mol. The third kappa shape index (κ3) is 2.94. The Morgan fingerprint density at radius 1 is 1.39 bits per heavy atom. The topological polar surface area (TPSA) is 38.1 Å². The molecule has 0 unspecified atom stereocenters. The summed E-state index contributed by atoms with van der Waals surface area (Å²) in [6.45, 7) is 5.54. The van der Waals surface area contributed by atoms with E-state index in [0.717, 1.165) is 24.6 Å². The number of likely N-dealkylation sites (N-methyl/N-ethyl adjacent to an activating group) is 1. The number of rotatable bonds is 6. The molecule has 1 fully saturated rings. The van der Waals surface area contributed by atoms with Crippen molar-refractivity contribution in [1.82, 2.24) is 10.3 Å². The molecule has 0 radical (unpaired) electrons. The summed E-state index contributed by atoms with van der Waals surface area (Å²) < 4.78 is 6.02. The van der Waals surface area contributed by atoms with Crippen LogP contribution in [-0.4, -0.2) is 18.6 Å². The van der Waals surface area contributed by atoms with E-state index in [2.05, 4.69) is 24.1 Å². The van der Waals surface area contributed by atoms with Gasteiger partial charge in [0, 0.05) is 18.4 Å². The smallest absolute Gasteiger partial charge is 0.195 e. The van der Waals surface area contributed by atoms with E-state index in [9.17, 15) is 0 Å². The molecule has 3 heteroatoms. The number of oxazole rings is 1. The van der Waals surface area contributed by atoms with Crippen LogP contribution in [0.3, 0.4) is 0 Å². The molecule has 1 aliphatic carbocycles. The van der Waals surface area contributed by atoms with E-state index < -0.39 is 0 Å². The van der Waals surface area contributed by atoms with Crippen molar-refractivity contribution < 1.29 is 4.42 Å². The van der Waals surface area contributed by atoms with Crippen molar-refractivity contribution in [2.45, 2.75) is 57.8 Å². The van der Waals surface area contributed by atoms with E-state index in [4.69, 9.17) is 4.42 Å². The maximum absolute atomic E-state index is 6.02. The minimum atomic E-state index is 0.277. The molecule has 2 rings (SSSR count). The molecule has 1 aromatic rings. The zero-order chi connectivity index (χ0) is 13.0. The second-order valence-electron chi connectivity index (χ2n) is 6.06. The largest absolute Gasteiger partial charge is 0.445 e. The van der Waals surface area contributed by atoms with Crippen molar-refractivity contribution in [3.63, 3.8) is 0 Å². The molecule has 1 saturated carbocycles. The fourth-order valence-corrected chi connectivity index (χ4v) is 3.29. The average Bonchev–Trinajstić information content (AvgIpc) is 2.94. The minimum absolute atomic E-state index is 0.277. The molecule has 0 saturated heterocycles. The molecule has 1 aromatic heterocycles. The summed E-state index contributed by atoms with van der Waals surface area (Å²) in [4.78, 5) is 4.44. The Balaban J connectivity index is 2.13. The Bertz CT molecular complexity index is 364. The molecule has 1 N–H and O–H groups in total. The first-order valence-electron chi connectivity index (χ1n) is 7.26. The van der Waals surface area contributed by atoms with Gasteiger partial charge in [-0.2, -0.15) is 0 Å². The van der Waals surface area contributed by atoms with Crippen LogP contribution in [0.2, 0.25) is 0 Å². The molecule has 0 atom stereocenters. The molecule has 0 bridgehead atoms. The number of hydrogen-bond donors (Lipinski definition) is 1. The van der Waals surface area contributed by atoms with Gasteiger partial charge in [-0.05, 0) is 32.2 Å². The van der Waals surface area contributed by atoms with Crippen LogP contribution in [0.25, 0.3) is 0 Å². The Hall–Kier alpha value is -0.830. The van der Waals surface area contributed by atoms with E-state index in [1.54, 1.807) is 0 Å². The van der Waals surface area contributed by atoms with Crippen LogP contribution < -0.4 is 5.32 Å². The van der Waals surface area contributed by atoms with E-state index in [-0.39, 0.29) is 5.41 Å². The number of nitrogens with zero attached hydrogens (tertiary/aromatic N) is 1. The third-order valence-corrected chi connectivity index (χ3v) is 4.02. The van der Waals surface area contributed by atoms with Crippen molar-refractivity contribution in [3.8, 4) is 0 Å². The van der Waals surface area contributed by atoms with E-state index >= 15 is 0 Å². The predicted octanol–water partition coefficient (Wildman–Crippen LogP) is 3.29. The normalized spacial score (nSPS) is 18.7. The SMILES string of the molecule is CNCCc1ncc(C2(CC(C)C)CCCC2)o1. The van der Waals surface area contributed by atoms with Crippen LogP contribution in [0.5, 0.6) is 0 Å². The molecule has 0 spiro atoms. The molecular formula is C15H26N2O. The third-order valence-electron chi connectivity index (χ3n) is 4.02. The highest BCUT2D eigenvalue weighted by atomic mass is 16.4. The molecule has 0 aromatic carbocycles. The average molecular weight is 250 g/mol. The highest BCUT2D eigenvalue weighted by Crippen LogP contribution is 2.45. The van der Waals surface area contributed by atoms with E-state index in [1.165, 1.54) is 32.1 Å². The van der Waals surface area contributed by atoms with Gasteiger partial charge in [-0.3, -0.25) is 0 Å². The summed E-state index contributed by atoms with van der Waals surface area (Å²) in [7, 11) is 1.96. The second kappa shape index (κ2) is 5.87. The number of aromatic nitrogens is 1. The van der Waals surface area contributed by atoms with Gasteiger partial charge in [-0.15, -0.1) is 0 Å². The summed E-state index contributed by atoms with van der Waals surface area (Å²) in [5.74, 6) is 2.74. The van der Waals surface area contributed by atoms with Gasteiger partial charge in [-0.1, -0.05) is 26.7 Å². The molecule has 0 amide bonds. The first-order chi connectivity index (χ1) is 8.66. The van der Waals surface area contributed by atoms with E-state index in [1.807, 2.05) is 13.2 Å². The Morgan fingerprint density at radius 2 is 2.11 bits per heavy atom. The zero-order valence-electron chi connectivity index (χ0n) is 12.0. The lowest BCUT2D eigenvalue weighted by Crippen LogP contribution is -2.23. The minimum Gasteiger partial charge on any atom is -0.445 e. The van der Waals surface area contributed by atoms with Gasteiger partial charge in [-0.25, -0.2) is 4.98 Å². The summed E-state index contributed by atoms with van der Waals surface area (Å²) in [6, 6.07) is 0. The molecule has 0 aliphatic heterocycles. The summed E-state index contributed by atoms with van der Waals surface area (Å²) in [6.07, 6.45) is 9.30. The lowest BCUT2D eigenvalue weighted by molar-refractivity contribution is 0.277. The van der Waals surface area contributed by atoms with E-state index in [0.29, 0.717) is 5.92 Å². The lowest BCUT2D eigenvalue weighted by atomic mass is 9.77. The van der Waals surface area contributed by atoms with Gasteiger partial charge >= 0.3 is 0 Å². The maximum Gasteiger partial charge on any atom is 0.195 e. The van der Waals surface area contributed by atoms with Gasteiger partial charge in [0.25, 0.3) is 0 Å². The zero-order valence-corrected chi connectivity index (χ0v) is 12.0. The van der Waals surface area contributed by atoms with Crippen molar-refractivity contribution in [2.75, 3.05) is 13.6 Å². The summed E-state index contributed by atoms with van der Waals surface area (Å²) >= 11 is 0. The fraction of sp³-hybridized carbons (Fsp3) is 0.800. The van der Waals surface area contributed by atoms with Crippen molar-refractivity contribution in [2.24, 2.45) is 5.92 Å². The summed E-state index contributed by atoms with van der Waals surface area (Å²) in [5, 5.41) is 3.14. The van der Waals surface area contributed by atoms with Crippen LogP contribution in [0.4, 0.5) is 0 Å². The van der Waals surface area contributed by atoms with Gasteiger partial charge in [0.1, 0.15) is 5.76 Å². The first kappa shape index (κ1) is 13.6. The van der Waals surface area contributed by atoms with Gasteiger partial charge in [0.2, 0.25) is 0 Å². The molecule has 18 heavy (non-hydrogen) atoms. The maximum atomic E-state index is 6.02. The van der Waals surface area contributed by atoms with Gasteiger partial charge in [0.05, 0.1) is 6.20 Å². The van der Waals surface area contributed by atoms with Crippen LogP contribution in [0, 0.1) is 5.92 Å². The van der Waals surface area contributed by atoms with Crippen LogP contribution in [0.1, 0.15) is 57.6 Å². The number of nitrogens with one attached hydrogen (secondary N) is 1. The highest BCUT2D eigenvalue weighted by Gasteiger charge is 2.39. The Morgan fingerprint density at radius 3 is 2.72 bits per heavy atom. The molecule has 102 valence electrons. The quantitative estimate of drug-likeness (QED) is 0.842. The monoisotopic (exact) mass is 250 g/mol. The number of hydrogen-bond acceptors (Lipinski definition) is 3. The standard InChI is InChI=1S/C15H26N2O/c1-12(2)10-15(7-4-5-8-15)13-11-17-14(18-13)6-9-16-3/h11-12,16H,4-10H2,1-3H3. The Labute approximate surface area is 110 Å². The molecule has 1 aliphatic rings. The lowest BCUT2D eigenvalue weighted by Gasteiger charge is -2.28. The molecule has 1 heterocycles. The van der Waals surface area contributed by atoms with Gasteiger partial charge < -0.3 is 9.73 Å². The predicted molar refractivity (Wildman–Crippen MR) is 73.7 cm³/mol. The van der Waals surface area contributed by atoms with Crippen molar-refractivity contribution >= 4 is 0 Å². The van der Waals surface area contributed by atoms with Crippen molar-refractivity contribution in [3.05, 3.63) is 17.8 Å². The second-order valence-corrected chi connectivity index (χ2v) is 6.06. The highest BCUT2D eigenvalue weighted by molar-refractivity contribution is 5.14. The van der Waals surface area contributed by atoms with Crippen LogP contribution in [0.15, 0.2) is 10.6 Å². The van der Waals surface area contributed by atoms with Crippen molar-refractivity contribution in [1.29, 1.82) is 0 Å².